The number of hydrogen-bond acceptors (Lipinski definition) is 12. The maximum absolute atomic E-state index is 14.2. The minimum absolute atomic E-state index is 0.191. The highest BCUT2D eigenvalue weighted by Gasteiger charge is 2.54. The summed E-state index contributed by atoms with van der Waals surface area (Å²) in [6.45, 7) is 1.93. The molecule has 12 nitrogen and oxygen atoms in total. The van der Waals surface area contributed by atoms with Crippen molar-refractivity contribution in [2.24, 2.45) is 11.8 Å². The highest BCUT2D eigenvalue weighted by molar-refractivity contribution is 7.71. The van der Waals surface area contributed by atoms with Gasteiger partial charge in [0.2, 0.25) is 0 Å². The Balaban J connectivity index is 1.43. The molecule has 0 aliphatic carbocycles. The molecule has 5 rings (SSSR count). The second kappa shape index (κ2) is 14.7. The summed E-state index contributed by atoms with van der Waals surface area (Å²) in [6, 6.07) is 15.6. The molecular weight excluding hydrogens is 623 g/mol. The Bertz CT molecular complexity index is 1420. The van der Waals surface area contributed by atoms with Gasteiger partial charge in [-0.2, -0.15) is 0 Å². The lowest BCUT2D eigenvalue weighted by atomic mass is 9.50. The van der Waals surface area contributed by atoms with Crippen molar-refractivity contribution in [1.29, 1.82) is 0 Å². The van der Waals surface area contributed by atoms with Crippen molar-refractivity contribution in [3.8, 4) is 0 Å². The predicted octanol–water partition coefficient (Wildman–Crippen LogP) is 4.54. The van der Waals surface area contributed by atoms with Gasteiger partial charge in [0, 0.05) is 31.6 Å². The summed E-state index contributed by atoms with van der Waals surface area (Å²) < 4.78 is 73.8. The number of benzene rings is 2. The minimum atomic E-state index is -4.72. The first-order valence-electron chi connectivity index (χ1n) is 14.4. The molecule has 3 saturated heterocycles. The van der Waals surface area contributed by atoms with Gasteiger partial charge >= 0.3 is 26.6 Å². The second-order valence-electron chi connectivity index (χ2n) is 11.0. The van der Waals surface area contributed by atoms with Crippen LogP contribution in [0.1, 0.15) is 25.0 Å². The molecular formula is C28H32B3O12P2. The Kier molecular flexibility index (Phi) is 11.1. The summed E-state index contributed by atoms with van der Waals surface area (Å²) >= 11 is 0. The van der Waals surface area contributed by atoms with E-state index in [0.717, 1.165) is 7.17 Å². The number of carbonyl (C=O) groups is 2. The average molecular weight is 655 g/mol. The Morgan fingerprint density at radius 1 is 0.778 bits per heavy atom. The van der Waals surface area contributed by atoms with Crippen molar-refractivity contribution in [2.75, 3.05) is 13.2 Å². The molecule has 0 N–H and O–H groups in total. The van der Waals surface area contributed by atoms with E-state index in [-0.39, 0.29) is 13.2 Å². The fraction of sp³-hybridized carbons (Fsp3) is 0.500. The molecule has 3 aliphatic rings. The fourth-order valence-electron chi connectivity index (χ4n) is 5.16. The zero-order valence-corrected chi connectivity index (χ0v) is 26.5. The van der Waals surface area contributed by atoms with Crippen molar-refractivity contribution >= 4 is 49.4 Å². The highest BCUT2D eigenvalue weighted by atomic mass is 31.2. The van der Waals surface area contributed by atoms with Crippen LogP contribution in [0.25, 0.3) is 0 Å². The van der Waals surface area contributed by atoms with Gasteiger partial charge in [-0.05, 0) is 11.1 Å². The van der Waals surface area contributed by atoms with Gasteiger partial charge in [-0.3, -0.25) is 18.1 Å². The molecule has 0 saturated carbocycles. The van der Waals surface area contributed by atoms with Crippen LogP contribution in [-0.4, -0.2) is 83.8 Å². The molecule has 0 spiro atoms. The first-order valence-corrected chi connectivity index (χ1v) is 17.5. The molecule has 0 aromatic heterocycles. The van der Waals surface area contributed by atoms with Crippen molar-refractivity contribution in [3.05, 3.63) is 71.8 Å². The lowest BCUT2D eigenvalue weighted by Crippen LogP contribution is -2.35. The third kappa shape index (κ3) is 7.85. The summed E-state index contributed by atoms with van der Waals surface area (Å²) in [5.74, 6) is -1.29. The molecule has 5 radical (unpaired) electrons. The van der Waals surface area contributed by atoms with Crippen LogP contribution in [0, 0.1) is 11.8 Å². The fourth-order valence-corrected chi connectivity index (χ4v) is 8.07. The maximum Gasteiger partial charge on any atom is 0.438 e. The van der Waals surface area contributed by atoms with Gasteiger partial charge in [0.25, 0.3) is 0 Å². The Labute approximate surface area is 265 Å². The number of rotatable bonds is 7. The largest absolute Gasteiger partial charge is 0.452 e. The zero-order chi connectivity index (χ0) is 32.2. The van der Waals surface area contributed by atoms with E-state index in [1.54, 1.807) is 74.5 Å². The molecule has 3 heterocycles. The van der Waals surface area contributed by atoms with Gasteiger partial charge in [0.1, 0.15) is 33.3 Å². The van der Waals surface area contributed by atoms with Crippen molar-refractivity contribution < 1.29 is 55.8 Å². The van der Waals surface area contributed by atoms with E-state index in [4.69, 9.17) is 52.6 Å². The van der Waals surface area contributed by atoms with Crippen LogP contribution in [0.5, 0.6) is 0 Å². The van der Waals surface area contributed by atoms with Crippen molar-refractivity contribution in [2.45, 2.75) is 63.5 Å². The van der Waals surface area contributed by atoms with E-state index in [2.05, 4.69) is 0 Å². The molecule has 0 amide bonds. The van der Waals surface area contributed by atoms with Crippen LogP contribution in [0.3, 0.4) is 0 Å². The van der Waals surface area contributed by atoms with Gasteiger partial charge in [-0.25, -0.2) is 18.7 Å². The van der Waals surface area contributed by atoms with E-state index in [9.17, 15) is 18.7 Å². The Morgan fingerprint density at radius 3 is 1.78 bits per heavy atom. The first-order chi connectivity index (χ1) is 21.5. The minimum Gasteiger partial charge on any atom is -0.452 e. The molecule has 3 aliphatic heterocycles. The molecule has 2 unspecified atom stereocenters. The predicted molar refractivity (Wildman–Crippen MR) is 163 cm³/mol. The highest BCUT2D eigenvalue weighted by Crippen LogP contribution is 2.58. The molecule has 17 heteroatoms. The van der Waals surface area contributed by atoms with Gasteiger partial charge in [0.05, 0.1) is 32.6 Å². The smallest absolute Gasteiger partial charge is 0.438 e. The lowest BCUT2D eigenvalue weighted by Gasteiger charge is -2.28. The van der Waals surface area contributed by atoms with E-state index in [0.29, 0.717) is 11.1 Å². The van der Waals surface area contributed by atoms with Gasteiger partial charge in [0.15, 0.2) is 0 Å². The number of ether oxygens (including phenoxy) is 4. The standard InChI is InChI=1S/C28H32B3O12P2/c1-17-21-15-38-44(34,27(32)36-13-19-9-5-3-6-10-19)42-23-18(2)25(29)40-22(23)16-39-45(35,43-24(17)26(31-30)41-21)28(33)37-14-20-11-7-4-8-12-20/h3-12,17-18,21-26H,13-16H2,1-2H3/t17-,18-,21-,22-,23+,24-,25-,26-,44?,45?/m1/s1. The first kappa shape index (κ1) is 34.1. The number of carbonyl (C=O) groups excluding carboxylic acids is 2. The third-order valence-corrected chi connectivity index (χ3v) is 11.1. The topological polar surface area (TPSA) is 142 Å². The van der Waals surface area contributed by atoms with Gasteiger partial charge in [-0.1, -0.05) is 74.5 Å². The van der Waals surface area contributed by atoms with Crippen molar-refractivity contribution in [1.82, 2.24) is 0 Å². The summed E-state index contributed by atoms with van der Waals surface area (Å²) in [5.41, 5.74) is -1.18. The van der Waals surface area contributed by atoms with E-state index < -0.39 is 88.1 Å². The molecule has 3 fully saturated rings. The normalized spacial score (nSPS) is 36.8. The SMILES string of the molecule is [B][B][C@@H]1O[C@@H]2COP(=O)(C(=O)OCc3ccccc3)O[C@H]3[C@@H](C)[C@H]([B])O[C@@H]3COP(=O)(C(=O)OCc3ccccc3)O[C@@H]1[C@@H]2C. The van der Waals surface area contributed by atoms with Crippen LogP contribution in [-0.2, 0) is 59.4 Å². The Morgan fingerprint density at radius 2 is 1.27 bits per heavy atom. The zero-order valence-electron chi connectivity index (χ0n) is 24.7. The van der Waals surface area contributed by atoms with Crippen molar-refractivity contribution in [3.63, 3.8) is 0 Å². The molecule has 10 atom stereocenters. The molecule has 2 bridgehead atoms. The van der Waals surface area contributed by atoms with Crippen LogP contribution < -0.4 is 0 Å². The quantitative estimate of drug-likeness (QED) is 0.306. The molecule has 235 valence electrons. The summed E-state index contributed by atoms with van der Waals surface area (Å²) in [7, 11) is 3.67. The van der Waals surface area contributed by atoms with Crippen LogP contribution in [0.4, 0.5) is 9.59 Å². The molecule has 2 aromatic carbocycles. The van der Waals surface area contributed by atoms with E-state index >= 15 is 0 Å². The third-order valence-electron chi connectivity index (χ3n) is 7.88. The average Bonchev–Trinajstić information content (AvgIpc) is 3.50. The van der Waals surface area contributed by atoms with Crippen LogP contribution >= 0.6 is 15.2 Å². The van der Waals surface area contributed by atoms with Gasteiger partial charge < -0.3 is 18.9 Å². The second-order valence-corrected chi connectivity index (χ2v) is 14.7. The summed E-state index contributed by atoms with van der Waals surface area (Å²) in [6.07, 6.45) is -4.27. The van der Waals surface area contributed by atoms with Crippen LogP contribution in [0.15, 0.2) is 60.7 Å². The Hall–Kier alpha value is -2.21. The molecule has 2 aromatic rings. The lowest BCUT2D eigenvalue weighted by molar-refractivity contribution is -0.0112. The van der Waals surface area contributed by atoms with Gasteiger partial charge in [-0.15, -0.1) is 0 Å². The summed E-state index contributed by atoms with van der Waals surface area (Å²) in [5, 5.41) is 0. The number of hydrogen-bond donors (Lipinski definition) is 0. The van der Waals surface area contributed by atoms with Crippen LogP contribution in [0.2, 0.25) is 0 Å². The monoisotopic (exact) mass is 655 g/mol. The van der Waals surface area contributed by atoms with E-state index in [1.807, 2.05) is 0 Å². The summed E-state index contributed by atoms with van der Waals surface area (Å²) in [4.78, 5) is 26.6. The molecule has 45 heavy (non-hydrogen) atoms. The maximum atomic E-state index is 14.2. The number of fused-ring (bicyclic) bond motifs is 3. The van der Waals surface area contributed by atoms with E-state index in [1.165, 1.54) is 0 Å².